The van der Waals surface area contributed by atoms with Gasteiger partial charge in [0.25, 0.3) is 0 Å². The van der Waals surface area contributed by atoms with Crippen LogP contribution in [-0.2, 0) is 4.74 Å². The van der Waals surface area contributed by atoms with Crippen LogP contribution in [0.15, 0.2) is 24.3 Å². The van der Waals surface area contributed by atoms with Crippen molar-refractivity contribution in [3.63, 3.8) is 0 Å². The van der Waals surface area contributed by atoms with Crippen molar-refractivity contribution in [2.24, 2.45) is 5.92 Å². The number of methoxy groups -OCH3 is 1. The average Bonchev–Trinajstić information content (AvgIpc) is 2.96. The second-order valence-corrected chi connectivity index (χ2v) is 5.71. The van der Waals surface area contributed by atoms with E-state index in [0.29, 0.717) is 18.0 Å². The van der Waals surface area contributed by atoms with Crippen LogP contribution in [-0.4, -0.2) is 39.0 Å². The van der Waals surface area contributed by atoms with Gasteiger partial charge in [0, 0.05) is 30.4 Å². The molecule has 5 heteroatoms. The fourth-order valence-corrected chi connectivity index (χ4v) is 3.44. The number of hydrogen-bond donors (Lipinski definition) is 2. The van der Waals surface area contributed by atoms with Crippen LogP contribution in [0, 0.1) is 5.92 Å². The molecule has 1 saturated heterocycles. The molecule has 4 nitrogen and oxygen atoms in total. The molecule has 2 fully saturated rings. The molecule has 21 heavy (non-hydrogen) atoms. The summed E-state index contributed by atoms with van der Waals surface area (Å²) in [5.41, 5.74) is 1.15. The molecule has 1 aromatic carbocycles. The van der Waals surface area contributed by atoms with Crippen molar-refractivity contribution in [1.29, 1.82) is 0 Å². The summed E-state index contributed by atoms with van der Waals surface area (Å²) in [4.78, 5) is 0. The number of benzene rings is 1. The van der Waals surface area contributed by atoms with Gasteiger partial charge in [-0.2, -0.15) is 0 Å². The third-order valence-electron chi connectivity index (χ3n) is 4.46. The molecule has 0 bridgehead atoms. The van der Waals surface area contributed by atoms with Gasteiger partial charge in [-0.3, -0.25) is 0 Å². The van der Waals surface area contributed by atoms with Crippen LogP contribution in [0.4, 0.5) is 5.69 Å². The summed E-state index contributed by atoms with van der Waals surface area (Å²) in [6.07, 6.45) is 3.81. The Morgan fingerprint density at radius 1 is 1.33 bits per heavy atom. The zero-order chi connectivity index (χ0) is 13.8. The van der Waals surface area contributed by atoms with E-state index in [-0.39, 0.29) is 12.4 Å². The molecule has 1 aromatic rings. The average molecular weight is 313 g/mol. The van der Waals surface area contributed by atoms with Crippen LogP contribution in [0.3, 0.4) is 0 Å². The summed E-state index contributed by atoms with van der Waals surface area (Å²) in [5.74, 6) is 1.56. The first-order valence-corrected chi connectivity index (χ1v) is 7.58. The van der Waals surface area contributed by atoms with Crippen molar-refractivity contribution in [2.45, 2.75) is 31.3 Å². The molecule has 3 unspecified atom stereocenters. The van der Waals surface area contributed by atoms with Gasteiger partial charge in [0.2, 0.25) is 0 Å². The second kappa shape index (κ2) is 7.87. The first kappa shape index (κ1) is 16.4. The summed E-state index contributed by atoms with van der Waals surface area (Å²) in [5, 5.41) is 7.30. The van der Waals surface area contributed by atoms with E-state index in [4.69, 9.17) is 9.47 Å². The maximum absolute atomic E-state index is 5.62. The lowest BCUT2D eigenvalue weighted by Crippen LogP contribution is -2.49. The number of rotatable bonds is 4. The third kappa shape index (κ3) is 4.02. The maximum atomic E-state index is 5.62. The van der Waals surface area contributed by atoms with Crippen molar-refractivity contribution in [2.75, 3.05) is 32.2 Å². The topological polar surface area (TPSA) is 42.5 Å². The summed E-state index contributed by atoms with van der Waals surface area (Å²) in [7, 11) is 1.71. The van der Waals surface area contributed by atoms with E-state index >= 15 is 0 Å². The molecule has 118 valence electrons. The first-order chi connectivity index (χ1) is 9.86. The zero-order valence-corrected chi connectivity index (χ0v) is 13.3. The van der Waals surface area contributed by atoms with E-state index < -0.39 is 0 Å². The molecule has 0 amide bonds. The van der Waals surface area contributed by atoms with Crippen molar-refractivity contribution in [1.82, 2.24) is 5.32 Å². The number of hydrogen-bond acceptors (Lipinski definition) is 4. The fourth-order valence-electron chi connectivity index (χ4n) is 3.44. The predicted molar refractivity (Wildman–Crippen MR) is 87.6 cm³/mol. The van der Waals surface area contributed by atoms with Gasteiger partial charge in [-0.1, -0.05) is 12.5 Å². The summed E-state index contributed by atoms with van der Waals surface area (Å²) in [6, 6.07) is 9.22. The molecule has 0 radical (unpaired) electrons. The molecule has 1 heterocycles. The minimum Gasteiger partial charge on any atom is -0.497 e. The Kier molecular flexibility index (Phi) is 6.15. The van der Waals surface area contributed by atoms with E-state index in [1.807, 2.05) is 12.1 Å². The number of ether oxygens (including phenoxy) is 2. The minimum atomic E-state index is 0. The van der Waals surface area contributed by atoms with Crippen molar-refractivity contribution in [3.8, 4) is 5.75 Å². The molecule has 3 rings (SSSR count). The highest BCUT2D eigenvalue weighted by molar-refractivity contribution is 5.85. The van der Waals surface area contributed by atoms with E-state index in [1.54, 1.807) is 7.11 Å². The molecule has 2 N–H and O–H groups in total. The lowest BCUT2D eigenvalue weighted by atomic mass is 9.94. The lowest BCUT2D eigenvalue weighted by molar-refractivity contribution is 0.0559. The minimum absolute atomic E-state index is 0. The molecule has 3 atom stereocenters. The SMILES string of the molecule is COc1cccc(NC2CCCC2C2COCCN2)c1.Cl. The van der Waals surface area contributed by atoms with E-state index in [9.17, 15) is 0 Å². The van der Waals surface area contributed by atoms with Gasteiger partial charge in [0.15, 0.2) is 0 Å². The highest BCUT2D eigenvalue weighted by Crippen LogP contribution is 2.32. The number of halogens is 1. The standard InChI is InChI=1S/C16H24N2O2.ClH/c1-19-13-5-2-4-12(10-13)18-15-7-3-6-14(15)16-11-20-9-8-17-16;/h2,4-5,10,14-18H,3,6-9,11H2,1H3;1H. The quantitative estimate of drug-likeness (QED) is 0.897. The molecule has 0 spiro atoms. The number of anilines is 1. The van der Waals surface area contributed by atoms with Gasteiger partial charge in [0.05, 0.1) is 20.3 Å². The molecule has 1 saturated carbocycles. The van der Waals surface area contributed by atoms with Crippen LogP contribution < -0.4 is 15.4 Å². The van der Waals surface area contributed by atoms with E-state index in [1.165, 1.54) is 19.3 Å². The number of morpholine rings is 1. The van der Waals surface area contributed by atoms with Crippen molar-refractivity contribution >= 4 is 18.1 Å². The summed E-state index contributed by atoms with van der Waals surface area (Å²) >= 11 is 0. The Balaban J connectivity index is 0.00000161. The zero-order valence-electron chi connectivity index (χ0n) is 12.5. The van der Waals surface area contributed by atoms with Gasteiger partial charge in [0.1, 0.15) is 5.75 Å². The van der Waals surface area contributed by atoms with Gasteiger partial charge < -0.3 is 20.1 Å². The Morgan fingerprint density at radius 2 is 2.24 bits per heavy atom. The lowest BCUT2D eigenvalue weighted by Gasteiger charge is -2.33. The summed E-state index contributed by atoms with van der Waals surface area (Å²) in [6.45, 7) is 2.67. The molecule has 1 aliphatic heterocycles. The van der Waals surface area contributed by atoms with Crippen LogP contribution in [0.2, 0.25) is 0 Å². The molecule has 1 aliphatic carbocycles. The highest BCUT2D eigenvalue weighted by atomic mass is 35.5. The molecule has 0 aromatic heterocycles. The van der Waals surface area contributed by atoms with Crippen LogP contribution >= 0.6 is 12.4 Å². The fraction of sp³-hybridized carbons (Fsp3) is 0.625. The van der Waals surface area contributed by atoms with Crippen LogP contribution in [0.25, 0.3) is 0 Å². The molecular formula is C16H25ClN2O2. The number of nitrogens with one attached hydrogen (secondary N) is 2. The normalized spacial score (nSPS) is 28.7. The smallest absolute Gasteiger partial charge is 0.120 e. The van der Waals surface area contributed by atoms with E-state index in [0.717, 1.165) is 31.2 Å². The van der Waals surface area contributed by atoms with Crippen molar-refractivity contribution in [3.05, 3.63) is 24.3 Å². The largest absolute Gasteiger partial charge is 0.497 e. The van der Waals surface area contributed by atoms with Gasteiger partial charge >= 0.3 is 0 Å². The Labute approximate surface area is 133 Å². The van der Waals surface area contributed by atoms with Gasteiger partial charge in [-0.05, 0) is 30.9 Å². The highest BCUT2D eigenvalue weighted by Gasteiger charge is 2.34. The molecule has 2 aliphatic rings. The van der Waals surface area contributed by atoms with Gasteiger partial charge in [-0.15, -0.1) is 12.4 Å². The van der Waals surface area contributed by atoms with Crippen LogP contribution in [0.5, 0.6) is 5.75 Å². The molecular weight excluding hydrogens is 288 g/mol. The monoisotopic (exact) mass is 312 g/mol. The second-order valence-electron chi connectivity index (χ2n) is 5.71. The third-order valence-corrected chi connectivity index (χ3v) is 4.46. The van der Waals surface area contributed by atoms with E-state index in [2.05, 4.69) is 22.8 Å². The van der Waals surface area contributed by atoms with Gasteiger partial charge in [-0.25, -0.2) is 0 Å². The summed E-state index contributed by atoms with van der Waals surface area (Å²) < 4.78 is 10.9. The Bertz CT molecular complexity index is 438. The van der Waals surface area contributed by atoms with Crippen molar-refractivity contribution < 1.29 is 9.47 Å². The Morgan fingerprint density at radius 3 is 3.00 bits per heavy atom. The maximum Gasteiger partial charge on any atom is 0.120 e. The Hall–Kier alpha value is -0.970. The van der Waals surface area contributed by atoms with Crippen LogP contribution in [0.1, 0.15) is 19.3 Å². The first-order valence-electron chi connectivity index (χ1n) is 7.58. The predicted octanol–water partition coefficient (Wildman–Crippen LogP) is 2.69.